The Labute approximate surface area is 104 Å². The Morgan fingerprint density at radius 1 is 1.06 bits per heavy atom. The molecule has 0 unspecified atom stereocenters. The van der Waals surface area contributed by atoms with Gasteiger partial charge in [-0.2, -0.15) is 0 Å². The minimum atomic E-state index is -4.16. The average molecular weight is 303 g/mol. The van der Waals surface area contributed by atoms with E-state index in [-0.39, 0.29) is 5.57 Å². The number of hydrogen-bond donors (Lipinski definition) is 0. The molecule has 2 rings (SSSR count). The summed E-state index contributed by atoms with van der Waals surface area (Å²) in [5, 5.41) is 0. The van der Waals surface area contributed by atoms with Gasteiger partial charge in [0.05, 0.1) is 0 Å². The topological polar surface area (TPSA) is 0 Å². The molecule has 0 aromatic heterocycles. The molecular formula is C12H11F3Zr. The van der Waals surface area contributed by atoms with Crippen molar-refractivity contribution in [1.82, 2.24) is 0 Å². The number of hydrogen-bond acceptors (Lipinski definition) is 0. The molecule has 0 aliphatic heterocycles. The van der Waals surface area contributed by atoms with Crippen LogP contribution in [0.1, 0.15) is 19.8 Å². The molecule has 0 aromatic rings. The van der Waals surface area contributed by atoms with Crippen molar-refractivity contribution in [2.75, 3.05) is 0 Å². The quantitative estimate of drug-likeness (QED) is 0.721. The maximum absolute atomic E-state index is 12.7. The van der Waals surface area contributed by atoms with Gasteiger partial charge in [0.1, 0.15) is 0 Å². The molecule has 84 valence electrons. The monoisotopic (exact) mass is 302 g/mol. The van der Waals surface area contributed by atoms with Gasteiger partial charge in [0, 0.05) is 0 Å². The third-order valence-electron chi connectivity index (χ3n) is 2.70. The van der Waals surface area contributed by atoms with Crippen molar-refractivity contribution in [2.45, 2.75) is 25.9 Å². The number of alkyl halides is 3. The zero-order chi connectivity index (χ0) is 11.8. The fraction of sp³-hybridized carbons (Fsp3) is 0.333. The molecule has 0 spiro atoms. The van der Waals surface area contributed by atoms with E-state index in [1.54, 1.807) is 6.08 Å². The number of allylic oxidation sites excluding steroid dienone is 8. The zero-order valence-electron chi connectivity index (χ0n) is 8.86. The van der Waals surface area contributed by atoms with E-state index in [0.717, 1.165) is 6.42 Å². The molecular weight excluding hydrogens is 292 g/mol. The van der Waals surface area contributed by atoms with E-state index in [1.165, 1.54) is 14.9 Å². The van der Waals surface area contributed by atoms with Gasteiger partial charge in [0.2, 0.25) is 0 Å². The van der Waals surface area contributed by atoms with Gasteiger partial charge in [-0.15, -0.1) is 0 Å². The summed E-state index contributed by atoms with van der Waals surface area (Å²) in [6.45, 7) is 2.00. The molecule has 0 N–H and O–H groups in total. The van der Waals surface area contributed by atoms with Crippen LogP contribution in [0.4, 0.5) is 13.2 Å². The summed E-state index contributed by atoms with van der Waals surface area (Å²) in [5.41, 5.74) is 0.818. The molecule has 0 atom stereocenters. The van der Waals surface area contributed by atoms with Crippen molar-refractivity contribution < 1.29 is 36.4 Å². The van der Waals surface area contributed by atoms with Gasteiger partial charge < -0.3 is 0 Å². The van der Waals surface area contributed by atoms with Gasteiger partial charge in [-0.1, -0.05) is 0 Å². The van der Waals surface area contributed by atoms with Crippen LogP contribution in [0.15, 0.2) is 42.0 Å². The molecule has 4 heteroatoms. The van der Waals surface area contributed by atoms with E-state index in [9.17, 15) is 13.2 Å². The molecule has 0 amide bonds. The van der Waals surface area contributed by atoms with E-state index in [0.29, 0.717) is 9.70 Å². The van der Waals surface area contributed by atoms with E-state index in [1.807, 2.05) is 19.1 Å². The van der Waals surface area contributed by atoms with Crippen LogP contribution in [0.5, 0.6) is 0 Å². The molecule has 0 nitrogen and oxygen atoms in total. The normalized spacial score (nSPS) is 20.2. The Morgan fingerprint density at radius 2 is 1.69 bits per heavy atom. The van der Waals surface area contributed by atoms with Crippen LogP contribution < -0.4 is 0 Å². The van der Waals surface area contributed by atoms with Crippen molar-refractivity contribution >= 4 is 0 Å². The summed E-state index contributed by atoms with van der Waals surface area (Å²) in [5.74, 6) is 0. The Morgan fingerprint density at radius 3 is 2.25 bits per heavy atom. The van der Waals surface area contributed by atoms with Crippen molar-refractivity contribution in [1.29, 1.82) is 0 Å². The second-order valence-corrected chi connectivity index (χ2v) is 7.47. The SMILES string of the molecule is CC1=[C]([Zr][C]2=C(C(F)(F)F)C=CC2)CC=C1. The Kier molecular flexibility index (Phi) is 3.39. The van der Waals surface area contributed by atoms with Crippen LogP contribution in [0.3, 0.4) is 0 Å². The van der Waals surface area contributed by atoms with Crippen molar-refractivity contribution in [2.24, 2.45) is 0 Å². The fourth-order valence-corrected chi connectivity index (χ4v) is 5.39. The molecule has 0 saturated heterocycles. The van der Waals surface area contributed by atoms with Crippen LogP contribution in [0, 0.1) is 0 Å². The number of rotatable bonds is 2. The summed E-state index contributed by atoms with van der Waals surface area (Å²) in [6, 6.07) is 0. The summed E-state index contributed by atoms with van der Waals surface area (Å²) in [6.07, 6.45) is 4.16. The average Bonchev–Trinajstić information content (AvgIpc) is 2.76. The first-order chi connectivity index (χ1) is 7.48. The fourth-order valence-electron chi connectivity index (χ4n) is 1.84. The minimum absolute atomic E-state index is 0.369. The van der Waals surface area contributed by atoms with Gasteiger partial charge in [0.25, 0.3) is 0 Å². The Hall–Kier alpha value is -0.367. The van der Waals surface area contributed by atoms with Crippen LogP contribution in [0.2, 0.25) is 0 Å². The molecule has 2 aliphatic rings. The second kappa shape index (κ2) is 4.48. The van der Waals surface area contributed by atoms with E-state index in [2.05, 4.69) is 0 Å². The summed E-state index contributed by atoms with van der Waals surface area (Å²) >= 11 is -1.20. The Bertz CT molecular complexity index is 422. The van der Waals surface area contributed by atoms with E-state index in [4.69, 9.17) is 0 Å². The summed E-state index contributed by atoms with van der Waals surface area (Å²) < 4.78 is 40.0. The van der Waals surface area contributed by atoms with Crippen molar-refractivity contribution in [3.8, 4) is 0 Å². The van der Waals surface area contributed by atoms with Gasteiger partial charge >= 0.3 is 104 Å². The molecule has 0 radical (unpaired) electrons. The molecule has 0 aromatic carbocycles. The Balaban J connectivity index is 2.20. The van der Waals surface area contributed by atoms with E-state index < -0.39 is 29.4 Å². The van der Waals surface area contributed by atoms with Gasteiger partial charge in [-0.3, -0.25) is 0 Å². The van der Waals surface area contributed by atoms with Gasteiger partial charge in [0.15, 0.2) is 0 Å². The maximum atomic E-state index is 12.7. The van der Waals surface area contributed by atoms with Crippen LogP contribution >= 0.6 is 0 Å². The van der Waals surface area contributed by atoms with Crippen molar-refractivity contribution in [3.05, 3.63) is 42.0 Å². The molecule has 0 fully saturated rings. The standard InChI is InChI=1S/C6H4F3.C6H7.Zr/c7-6(8,9)5-3-1-2-4-5;1-6-4-2-3-5-6;/h1,3H,2H2;2,4H,3H2,1H3;. The van der Waals surface area contributed by atoms with Gasteiger partial charge in [-0.25, -0.2) is 0 Å². The summed E-state index contributed by atoms with van der Waals surface area (Å²) in [7, 11) is 0. The zero-order valence-corrected chi connectivity index (χ0v) is 11.3. The van der Waals surface area contributed by atoms with Crippen LogP contribution in [-0.2, 0) is 23.2 Å². The first kappa shape index (κ1) is 12.1. The number of halogens is 3. The summed E-state index contributed by atoms with van der Waals surface area (Å²) in [4.78, 5) is 0. The van der Waals surface area contributed by atoms with Gasteiger partial charge in [-0.05, 0) is 0 Å². The molecule has 2 aliphatic carbocycles. The molecule has 0 heterocycles. The third-order valence-corrected chi connectivity index (χ3v) is 6.82. The van der Waals surface area contributed by atoms with Crippen molar-refractivity contribution in [3.63, 3.8) is 0 Å². The second-order valence-electron chi connectivity index (χ2n) is 3.89. The van der Waals surface area contributed by atoms with E-state index >= 15 is 0 Å². The third kappa shape index (κ3) is 2.48. The molecule has 0 bridgehead atoms. The first-order valence-electron chi connectivity index (χ1n) is 5.08. The van der Waals surface area contributed by atoms with Crippen LogP contribution in [-0.4, -0.2) is 6.18 Å². The molecule has 16 heavy (non-hydrogen) atoms. The predicted molar refractivity (Wildman–Crippen MR) is 53.3 cm³/mol. The van der Waals surface area contributed by atoms with Crippen LogP contribution in [0.25, 0.3) is 0 Å². The predicted octanol–water partition coefficient (Wildman–Crippen LogP) is 4.08. The molecule has 0 saturated carbocycles. The first-order valence-corrected chi connectivity index (χ1v) is 7.54.